The highest BCUT2D eigenvalue weighted by atomic mass is 16.5. The molecule has 0 bridgehead atoms. The Kier molecular flexibility index (Phi) is 7.77. The van der Waals surface area contributed by atoms with Gasteiger partial charge in [0.2, 0.25) is 5.91 Å². The lowest BCUT2D eigenvalue weighted by Crippen LogP contribution is -2.49. The first-order chi connectivity index (χ1) is 19.4. The van der Waals surface area contributed by atoms with Crippen molar-refractivity contribution in [3.63, 3.8) is 0 Å². The molecule has 0 radical (unpaired) electrons. The first-order valence-corrected chi connectivity index (χ1v) is 13.3. The van der Waals surface area contributed by atoms with E-state index in [0.717, 1.165) is 11.1 Å². The van der Waals surface area contributed by atoms with Crippen molar-refractivity contribution in [2.45, 2.75) is 25.2 Å². The Morgan fingerprint density at radius 2 is 1.65 bits per heavy atom. The van der Waals surface area contributed by atoms with Crippen molar-refractivity contribution >= 4 is 34.6 Å². The fraction of sp³-hybridized carbons (Fsp3) is 0.300. The molecule has 0 saturated carbocycles. The van der Waals surface area contributed by atoms with E-state index < -0.39 is 5.41 Å². The Morgan fingerprint density at radius 1 is 0.975 bits per heavy atom. The van der Waals surface area contributed by atoms with Gasteiger partial charge in [-0.2, -0.15) is 0 Å². The SMILES string of the molecule is COC(=O)C1(c2ccccc2)CCN(C(=O)c2cc3c(NCCNC(C)=O)nc(-c4ccccc4)nc3[nH]2)CC1. The largest absolute Gasteiger partial charge is 0.468 e. The molecule has 1 aliphatic rings. The smallest absolute Gasteiger partial charge is 0.316 e. The molecule has 1 saturated heterocycles. The molecular formula is C30H32N6O4. The van der Waals surface area contributed by atoms with Crippen molar-refractivity contribution < 1.29 is 19.1 Å². The zero-order valence-corrected chi connectivity index (χ0v) is 22.6. The van der Waals surface area contributed by atoms with Gasteiger partial charge in [-0.1, -0.05) is 60.7 Å². The Labute approximate surface area is 232 Å². The number of methoxy groups -OCH3 is 1. The second-order valence-corrected chi connectivity index (χ2v) is 9.85. The van der Waals surface area contributed by atoms with Gasteiger partial charge in [0.05, 0.1) is 17.9 Å². The number of rotatable bonds is 8. The molecular weight excluding hydrogens is 508 g/mol. The third-order valence-corrected chi connectivity index (χ3v) is 7.35. The molecule has 4 aromatic rings. The van der Waals surface area contributed by atoms with Crippen molar-refractivity contribution in [1.29, 1.82) is 0 Å². The van der Waals surface area contributed by atoms with Crippen LogP contribution in [-0.2, 0) is 19.7 Å². The Bertz CT molecular complexity index is 1510. The number of piperidine rings is 1. The minimum Gasteiger partial charge on any atom is -0.468 e. The summed E-state index contributed by atoms with van der Waals surface area (Å²) in [7, 11) is 1.40. The number of aromatic nitrogens is 3. The molecule has 3 heterocycles. The predicted octanol–water partition coefficient (Wildman–Crippen LogP) is 3.52. The Balaban J connectivity index is 1.40. The van der Waals surface area contributed by atoms with Gasteiger partial charge in [0.1, 0.15) is 17.2 Å². The first kappa shape index (κ1) is 26.9. The molecule has 2 aromatic carbocycles. The summed E-state index contributed by atoms with van der Waals surface area (Å²) in [5.74, 6) is 0.515. The molecule has 0 spiro atoms. The highest BCUT2D eigenvalue weighted by Crippen LogP contribution is 2.37. The number of nitrogens with one attached hydrogen (secondary N) is 3. The van der Waals surface area contributed by atoms with E-state index in [1.54, 1.807) is 11.0 Å². The Morgan fingerprint density at radius 3 is 2.30 bits per heavy atom. The molecule has 0 atom stereocenters. The normalized spacial score (nSPS) is 14.5. The van der Waals surface area contributed by atoms with Crippen molar-refractivity contribution in [1.82, 2.24) is 25.2 Å². The molecule has 1 fully saturated rings. The van der Waals surface area contributed by atoms with E-state index in [2.05, 4.69) is 15.6 Å². The first-order valence-electron chi connectivity index (χ1n) is 13.3. The number of likely N-dealkylation sites (tertiary alicyclic amines) is 1. The molecule has 3 N–H and O–H groups in total. The van der Waals surface area contributed by atoms with Crippen LogP contribution >= 0.6 is 0 Å². The van der Waals surface area contributed by atoms with E-state index in [1.165, 1.54) is 14.0 Å². The van der Waals surface area contributed by atoms with Crippen LogP contribution < -0.4 is 10.6 Å². The van der Waals surface area contributed by atoms with Gasteiger partial charge in [0, 0.05) is 38.7 Å². The fourth-order valence-electron chi connectivity index (χ4n) is 5.22. The van der Waals surface area contributed by atoms with E-state index in [1.807, 2.05) is 60.7 Å². The number of carbonyl (C=O) groups is 3. The lowest BCUT2D eigenvalue weighted by atomic mass is 9.72. The summed E-state index contributed by atoms with van der Waals surface area (Å²) < 4.78 is 5.19. The van der Waals surface area contributed by atoms with Gasteiger partial charge in [-0.3, -0.25) is 14.4 Å². The zero-order chi connectivity index (χ0) is 28.1. The minimum atomic E-state index is -0.783. The van der Waals surface area contributed by atoms with Crippen LogP contribution in [0.4, 0.5) is 5.82 Å². The van der Waals surface area contributed by atoms with Gasteiger partial charge >= 0.3 is 5.97 Å². The maximum absolute atomic E-state index is 13.6. The Hall–Kier alpha value is -4.73. The number of ether oxygens (including phenoxy) is 1. The minimum absolute atomic E-state index is 0.112. The van der Waals surface area contributed by atoms with Crippen LogP contribution in [-0.4, -0.2) is 70.9 Å². The van der Waals surface area contributed by atoms with Crippen LogP contribution in [0, 0.1) is 0 Å². The van der Waals surface area contributed by atoms with Crippen molar-refractivity contribution in [2.75, 3.05) is 38.6 Å². The molecule has 5 rings (SSSR count). The number of fused-ring (bicyclic) bond motifs is 1. The summed E-state index contributed by atoms with van der Waals surface area (Å²) in [6.45, 7) is 3.16. The maximum atomic E-state index is 13.6. The van der Waals surface area contributed by atoms with E-state index in [-0.39, 0.29) is 17.8 Å². The van der Waals surface area contributed by atoms with Crippen LogP contribution in [0.3, 0.4) is 0 Å². The van der Waals surface area contributed by atoms with Crippen molar-refractivity contribution in [2.24, 2.45) is 0 Å². The zero-order valence-electron chi connectivity index (χ0n) is 22.6. The molecule has 10 heteroatoms. The number of amides is 2. The highest BCUT2D eigenvalue weighted by molar-refractivity contribution is 6.00. The number of aromatic amines is 1. The molecule has 206 valence electrons. The van der Waals surface area contributed by atoms with Gasteiger partial charge in [0.15, 0.2) is 5.82 Å². The average Bonchev–Trinajstić information content (AvgIpc) is 3.44. The second kappa shape index (κ2) is 11.6. The molecule has 1 aliphatic heterocycles. The maximum Gasteiger partial charge on any atom is 0.316 e. The highest BCUT2D eigenvalue weighted by Gasteiger charge is 2.45. The average molecular weight is 541 g/mol. The third-order valence-electron chi connectivity index (χ3n) is 7.35. The van der Waals surface area contributed by atoms with Gasteiger partial charge < -0.3 is 25.3 Å². The lowest BCUT2D eigenvalue weighted by molar-refractivity contribution is -0.149. The number of H-pyrrole nitrogens is 1. The van der Waals surface area contributed by atoms with E-state index in [0.29, 0.717) is 67.4 Å². The van der Waals surface area contributed by atoms with Crippen molar-refractivity contribution in [3.8, 4) is 11.4 Å². The van der Waals surface area contributed by atoms with E-state index in [4.69, 9.17) is 14.7 Å². The summed E-state index contributed by atoms with van der Waals surface area (Å²) >= 11 is 0. The number of hydrogen-bond donors (Lipinski definition) is 3. The lowest BCUT2D eigenvalue weighted by Gasteiger charge is -2.39. The topological polar surface area (TPSA) is 129 Å². The quantitative estimate of drug-likeness (QED) is 0.230. The van der Waals surface area contributed by atoms with E-state index >= 15 is 0 Å². The number of benzene rings is 2. The van der Waals surface area contributed by atoms with Gasteiger partial charge in [-0.25, -0.2) is 9.97 Å². The molecule has 0 unspecified atom stereocenters. The molecule has 10 nitrogen and oxygen atoms in total. The van der Waals surface area contributed by atoms with Crippen LogP contribution in [0.5, 0.6) is 0 Å². The van der Waals surface area contributed by atoms with Crippen LogP contribution in [0.2, 0.25) is 0 Å². The van der Waals surface area contributed by atoms with Crippen LogP contribution in [0.25, 0.3) is 22.4 Å². The fourth-order valence-corrected chi connectivity index (χ4v) is 5.22. The third kappa shape index (κ3) is 5.38. The number of carbonyl (C=O) groups excluding carboxylic acids is 3. The molecule has 2 aromatic heterocycles. The number of esters is 1. The molecule has 2 amide bonds. The van der Waals surface area contributed by atoms with Crippen LogP contribution in [0.1, 0.15) is 35.8 Å². The summed E-state index contributed by atoms with van der Waals surface area (Å²) in [4.78, 5) is 52.2. The number of anilines is 1. The molecule has 0 aliphatic carbocycles. The monoisotopic (exact) mass is 540 g/mol. The summed E-state index contributed by atoms with van der Waals surface area (Å²) in [5.41, 5.74) is 1.88. The van der Waals surface area contributed by atoms with Gasteiger partial charge in [0.25, 0.3) is 5.91 Å². The molecule has 40 heavy (non-hydrogen) atoms. The van der Waals surface area contributed by atoms with Gasteiger partial charge in [-0.15, -0.1) is 0 Å². The summed E-state index contributed by atoms with van der Waals surface area (Å²) in [6.07, 6.45) is 0.924. The standard InChI is InChI=1S/C30H32N6O4/c1-20(37)31-15-16-32-26-23-19-24(33-27(23)35-25(34-26)21-9-5-3-6-10-21)28(38)36-17-13-30(14-18-36,29(39)40-2)22-11-7-4-8-12-22/h3-12,19H,13-18H2,1-2H3,(H,31,37)(H2,32,33,34,35). The van der Waals surface area contributed by atoms with E-state index in [9.17, 15) is 14.4 Å². The summed E-state index contributed by atoms with van der Waals surface area (Å²) in [6, 6.07) is 21.0. The number of nitrogens with zero attached hydrogens (tertiary/aromatic N) is 3. The van der Waals surface area contributed by atoms with Crippen molar-refractivity contribution in [3.05, 3.63) is 78.0 Å². The van der Waals surface area contributed by atoms with Gasteiger partial charge in [-0.05, 0) is 24.5 Å². The second-order valence-electron chi connectivity index (χ2n) is 9.85. The predicted molar refractivity (Wildman–Crippen MR) is 152 cm³/mol. The number of hydrogen-bond acceptors (Lipinski definition) is 7. The van der Waals surface area contributed by atoms with Crippen LogP contribution in [0.15, 0.2) is 66.7 Å². The summed E-state index contributed by atoms with van der Waals surface area (Å²) in [5, 5.41) is 6.71.